The molecule has 0 saturated heterocycles. The lowest BCUT2D eigenvalue weighted by Gasteiger charge is -2.20. The number of anilines is 1. The van der Waals surface area contributed by atoms with Gasteiger partial charge in [0.15, 0.2) is 0 Å². The van der Waals surface area contributed by atoms with Gasteiger partial charge in [0.2, 0.25) is 10.7 Å². The van der Waals surface area contributed by atoms with Crippen molar-refractivity contribution in [3.63, 3.8) is 0 Å². The second-order valence-electron chi connectivity index (χ2n) is 5.40. The van der Waals surface area contributed by atoms with Crippen molar-refractivity contribution in [1.82, 2.24) is 19.5 Å². The van der Waals surface area contributed by atoms with Crippen molar-refractivity contribution in [3.8, 4) is 0 Å². The van der Waals surface area contributed by atoms with E-state index in [1.165, 1.54) is 0 Å². The van der Waals surface area contributed by atoms with Crippen LogP contribution < -0.4 is 5.32 Å². The summed E-state index contributed by atoms with van der Waals surface area (Å²) >= 11 is 11.4. The minimum atomic E-state index is -0.113. The molecule has 5 nitrogen and oxygen atoms in total. The van der Waals surface area contributed by atoms with Gasteiger partial charge in [-0.15, -0.1) is 0 Å². The number of halogens is 1. The summed E-state index contributed by atoms with van der Waals surface area (Å²) in [5, 5.41) is 3.78. The minimum Gasteiger partial charge on any atom is -0.350 e. The second-order valence-corrected chi connectivity index (χ2v) is 6.17. The molecule has 106 valence electrons. The first-order valence-corrected chi connectivity index (χ1v) is 6.95. The summed E-state index contributed by atoms with van der Waals surface area (Å²) < 4.78 is 2.17. The van der Waals surface area contributed by atoms with Gasteiger partial charge in [-0.3, -0.25) is 4.98 Å². The van der Waals surface area contributed by atoms with E-state index in [1.807, 2.05) is 20.8 Å². The fourth-order valence-corrected chi connectivity index (χ4v) is 1.94. The third-order valence-corrected chi connectivity index (χ3v) is 3.08. The number of rotatable bonds is 3. The Balaban J connectivity index is 2.23. The third-order valence-electron chi connectivity index (χ3n) is 2.41. The Bertz CT molecular complexity index is 662. The molecule has 0 fully saturated rings. The summed E-state index contributed by atoms with van der Waals surface area (Å²) in [4.78, 5) is 12.7. The van der Waals surface area contributed by atoms with Crippen LogP contribution in [0.2, 0.25) is 5.02 Å². The molecule has 2 aromatic rings. The Morgan fingerprint density at radius 3 is 2.70 bits per heavy atom. The summed E-state index contributed by atoms with van der Waals surface area (Å²) in [6.45, 7) is 6.56. The van der Waals surface area contributed by atoms with E-state index < -0.39 is 0 Å². The van der Waals surface area contributed by atoms with E-state index in [2.05, 4.69) is 20.3 Å². The summed E-state index contributed by atoms with van der Waals surface area (Å²) in [6.07, 6.45) is 3.34. The maximum atomic E-state index is 6.08. The highest BCUT2D eigenvalue weighted by Gasteiger charge is 2.11. The topological polar surface area (TPSA) is 55.6 Å². The zero-order valence-corrected chi connectivity index (χ0v) is 13.2. The molecule has 0 atom stereocenters. The number of hydrogen-bond acceptors (Lipinski definition) is 5. The number of aromatic nitrogens is 4. The quantitative estimate of drug-likeness (QED) is 0.882. The molecule has 0 aromatic carbocycles. The summed E-state index contributed by atoms with van der Waals surface area (Å²) in [6, 6.07) is 3.59. The molecule has 0 bridgehead atoms. The van der Waals surface area contributed by atoms with Crippen LogP contribution in [-0.4, -0.2) is 25.1 Å². The van der Waals surface area contributed by atoms with E-state index in [9.17, 15) is 0 Å². The van der Waals surface area contributed by atoms with Crippen LogP contribution in [0.5, 0.6) is 0 Å². The molecule has 0 aliphatic carbocycles. The maximum Gasteiger partial charge on any atom is 0.227 e. The van der Waals surface area contributed by atoms with E-state index in [1.54, 1.807) is 29.2 Å². The van der Waals surface area contributed by atoms with Gasteiger partial charge in [-0.25, -0.2) is 4.98 Å². The molecule has 2 rings (SSSR count). The first kappa shape index (κ1) is 14.9. The molecule has 2 heterocycles. The minimum absolute atomic E-state index is 0.113. The monoisotopic (exact) mass is 309 g/mol. The van der Waals surface area contributed by atoms with Crippen molar-refractivity contribution in [2.24, 2.45) is 0 Å². The van der Waals surface area contributed by atoms with Gasteiger partial charge in [-0.1, -0.05) is 11.6 Å². The lowest BCUT2D eigenvalue weighted by Crippen LogP contribution is -2.27. The summed E-state index contributed by atoms with van der Waals surface area (Å²) in [7, 11) is 0. The molecule has 0 aliphatic rings. The Morgan fingerprint density at radius 2 is 2.10 bits per heavy atom. The average Bonchev–Trinajstić information content (AvgIpc) is 2.33. The van der Waals surface area contributed by atoms with Crippen molar-refractivity contribution in [2.45, 2.75) is 32.9 Å². The lowest BCUT2D eigenvalue weighted by molar-refractivity contribution is 0.618. The van der Waals surface area contributed by atoms with E-state index in [4.69, 9.17) is 23.8 Å². The maximum absolute atomic E-state index is 6.08. The van der Waals surface area contributed by atoms with E-state index in [-0.39, 0.29) is 5.54 Å². The SMILES string of the molecule is CC(C)(C)Nc1ncn(Cc2ncccc2Cl)c(=S)n1. The van der Waals surface area contributed by atoms with Crippen molar-refractivity contribution in [2.75, 3.05) is 5.32 Å². The van der Waals surface area contributed by atoms with E-state index in [0.29, 0.717) is 22.3 Å². The van der Waals surface area contributed by atoms with Crippen LogP contribution in [0, 0.1) is 4.77 Å². The number of nitrogens with one attached hydrogen (secondary N) is 1. The zero-order valence-electron chi connectivity index (χ0n) is 11.6. The summed E-state index contributed by atoms with van der Waals surface area (Å²) in [5.74, 6) is 0.519. The highest BCUT2D eigenvalue weighted by molar-refractivity contribution is 7.71. The average molecular weight is 310 g/mol. The fraction of sp³-hybridized carbons (Fsp3) is 0.385. The van der Waals surface area contributed by atoms with Gasteiger partial charge >= 0.3 is 0 Å². The smallest absolute Gasteiger partial charge is 0.227 e. The molecular weight excluding hydrogens is 294 g/mol. The first-order valence-electron chi connectivity index (χ1n) is 6.16. The molecule has 0 radical (unpaired) electrons. The number of pyridine rings is 1. The molecule has 1 N–H and O–H groups in total. The van der Waals surface area contributed by atoms with Gasteiger partial charge in [-0.2, -0.15) is 4.98 Å². The van der Waals surface area contributed by atoms with Crippen LogP contribution in [0.25, 0.3) is 0 Å². The van der Waals surface area contributed by atoms with Crippen LogP contribution >= 0.6 is 23.8 Å². The van der Waals surface area contributed by atoms with Crippen LogP contribution in [-0.2, 0) is 6.54 Å². The van der Waals surface area contributed by atoms with Crippen LogP contribution in [0.1, 0.15) is 26.5 Å². The predicted octanol–water partition coefficient (Wildman–Crippen LogP) is 3.31. The van der Waals surface area contributed by atoms with Crippen molar-refractivity contribution in [1.29, 1.82) is 0 Å². The molecule has 0 unspecified atom stereocenters. The van der Waals surface area contributed by atoms with Gasteiger partial charge in [0.1, 0.15) is 6.33 Å². The van der Waals surface area contributed by atoms with Gasteiger partial charge < -0.3 is 9.88 Å². The van der Waals surface area contributed by atoms with Crippen LogP contribution in [0.4, 0.5) is 5.95 Å². The van der Waals surface area contributed by atoms with Gasteiger partial charge in [0.25, 0.3) is 0 Å². The predicted molar refractivity (Wildman–Crippen MR) is 82.6 cm³/mol. The number of nitrogens with zero attached hydrogens (tertiary/aromatic N) is 4. The molecule has 0 saturated carbocycles. The normalized spacial score (nSPS) is 11.4. The van der Waals surface area contributed by atoms with Gasteiger partial charge in [0, 0.05) is 11.7 Å². The molecule has 0 spiro atoms. The van der Waals surface area contributed by atoms with E-state index in [0.717, 1.165) is 5.69 Å². The summed E-state index contributed by atoms with van der Waals surface area (Å²) in [5.41, 5.74) is 0.628. The van der Waals surface area contributed by atoms with Crippen LogP contribution in [0.3, 0.4) is 0 Å². The lowest BCUT2D eigenvalue weighted by atomic mass is 10.1. The Labute approximate surface area is 128 Å². The molecule has 0 amide bonds. The van der Waals surface area contributed by atoms with Crippen molar-refractivity contribution < 1.29 is 0 Å². The fourth-order valence-electron chi connectivity index (χ4n) is 1.56. The third kappa shape index (κ3) is 3.98. The largest absolute Gasteiger partial charge is 0.350 e. The number of hydrogen-bond donors (Lipinski definition) is 1. The molecule has 7 heteroatoms. The van der Waals surface area contributed by atoms with Gasteiger partial charge in [0.05, 0.1) is 17.3 Å². The molecule has 0 aliphatic heterocycles. The molecular formula is C13H16ClN5S. The first-order chi connectivity index (χ1) is 9.35. The Hall–Kier alpha value is -1.53. The highest BCUT2D eigenvalue weighted by atomic mass is 35.5. The Kier molecular flexibility index (Phi) is 4.35. The van der Waals surface area contributed by atoms with E-state index >= 15 is 0 Å². The van der Waals surface area contributed by atoms with Crippen molar-refractivity contribution >= 4 is 29.8 Å². The second kappa shape index (κ2) is 5.85. The van der Waals surface area contributed by atoms with Crippen molar-refractivity contribution in [3.05, 3.63) is 40.1 Å². The van der Waals surface area contributed by atoms with Gasteiger partial charge in [-0.05, 0) is 45.1 Å². The zero-order chi connectivity index (χ0) is 14.8. The molecule has 20 heavy (non-hydrogen) atoms. The highest BCUT2D eigenvalue weighted by Crippen LogP contribution is 2.14. The standard InChI is InChI=1S/C13H16ClN5S/c1-13(2,3)18-11-16-8-19(12(20)17-11)7-10-9(14)5-4-6-15-10/h4-6,8H,7H2,1-3H3,(H,17,18,20). The van der Waals surface area contributed by atoms with Crippen LogP contribution in [0.15, 0.2) is 24.7 Å². The Morgan fingerprint density at radius 1 is 1.35 bits per heavy atom. The molecule has 2 aromatic heterocycles.